The lowest BCUT2D eigenvalue weighted by molar-refractivity contribution is 0.198. The maximum Gasteiger partial charge on any atom is 0.213 e. The maximum absolute atomic E-state index is 13.5. The fourth-order valence-corrected chi connectivity index (χ4v) is 1.29. The van der Waals surface area contributed by atoms with Gasteiger partial charge in [-0.25, -0.2) is 4.39 Å². The van der Waals surface area contributed by atoms with Gasteiger partial charge in [-0.3, -0.25) is 0 Å². The van der Waals surface area contributed by atoms with Crippen molar-refractivity contribution in [3.63, 3.8) is 0 Å². The van der Waals surface area contributed by atoms with Crippen molar-refractivity contribution in [1.82, 2.24) is 10.1 Å². The van der Waals surface area contributed by atoms with Crippen LogP contribution in [-0.4, -0.2) is 15.2 Å². The minimum absolute atomic E-state index is 0.0292. The number of aliphatic hydroxyl groups excluding tert-OH is 1. The summed E-state index contributed by atoms with van der Waals surface area (Å²) in [7, 11) is 0. The molecule has 1 heterocycles. The highest BCUT2D eigenvalue weighted by molar-refractivity contribution is 5.30. The molecule has 0 fully saturated rings. The van der Waals surface area contributed by atoms with Crippen LogP contribution in [0.2, 0.25) is 0 Å². The first-order valence-electron chi connectivity index (χ1n) is 5.02. The Balaban J connectivity index is 2.06. The molecule has 0 saturated heterocycles. The van der Waals surface area contributed by atoms with Crippen LogP contribution in [0.1, 0.15) is 24.4 Å². The Morgan fingerprint density at radius 1 is 1.53 bits per heavy atom. The van der Waals surface area contributed by atoms with Gasteiger partial charge >= 0.3 is 0 Å². The molecule has 0 aliphatic carbocycles. The van der Waals surface area contributed by atoms with Crippen molar-refractivity contribution in [2.45, 2.75) is 19.6 Å². The normalized spacial score (nSPS) is 12.4. The van der Waals surface area contributed by atoms with Crippen LogP contribution in [0, 0.1) is 5.82 Å². The van der Waals surface area contributed by atoms with Gasteiger partial charge in [0.15, 0.2) is 18.2 Å². The van der Waals surface area contributed by atoms with E-state index in [0.29, 0.717) is 11.4 Å². The Labute approximate surface area is 96.8 Å². The summed E-state index contributed by atoms with van der Waals surface area (Å²) in [5, 5.41) is 12.8. The number of aliphatic hydroxyl groups is 1. The molecule has 1 unspecified atom stereocenters. The van der Waals surface area contributed by atoms with E-state index in [9.17, 15) is 9.50 Å². The van der Waals surface area contributed by atoms with E-state index in [4.69, 9.17) is 4.74 Å². The van der Waals surface area contributed by atoms with Gasteiger partial charge in [0.25, 0.3) is 0 Å². The van der Waals surface area contributed by atoms with Crippen molar-refractivity contribution < 1.29 is 18.8 Å². The molecular formula is C11H11FN2O3. The lowest BCUT2D eigenvalue weighted by Crippen LogP contribution is -2.00. The van der Waals surface area contributed by atoms with Gasteiger partial charge < -0.3 is 14.4 Å². The number of halogens is 1. The first-order valence-corrected chi connectivity index (χ1v) is 5.02. The average Bonchev–Trinajstić information content (AvgIpc) is 2.80. The predicted molar refractivity (Wildman–Crippen MR) is 55.7 cm³/mol. The number of benzene rings is 1. The first-order chi connectivity index (χ1) is 8.16. The van der Waals surface area contributed by atoms with E-state index in [1.165, 1.54) is 18.5 Å². The van der Waals surface area contributed by atoms with E-state index in [2.05, 4.69) is 14.7 Å². The number of hydrogen-bond donors (Lipinski definition) is 1. The van der Waals surface area contributed by atoms with Crippen LogP contribution < -0.4 is 4.74 Å². The van der Waals surface area contributed by atoms with Gasteiger partial charge in [0.2, 0.25) is 12.2 Å². The van der Waals surface area contributed by atoms with Crippen molar-refractivity contribution in [3.8, 4) is 5.75 Å². The Morgan fingerprint density at radius 2 is 2.35 bits per heavy atom. The van der Waals surface area contributed by atoms with Crippen LogP contribution in [0.4, 0.5) is 4.39 Å². The molecule has 1 aromatic heterocycles. The van der Waals surface area contributed by atoms with E-state index in [1.54, 1.807) is 13.0 Å². The molecule has 0 saturated carbocycles. The van der Waals surface area contributed by atoms with Gasteiger partial charge in [0.05, 0.1) is 6.10 Å². The van der Waals surface area contributed by atoms with Crippen molar-refractivity contribution >= 4 is 0 Å². The van der Waals surface area contributed by atoms with E-state index in [1.807, 2.05) is 0 Å². The molecule has 1 N–H and O–H groups in total. The van der Waals surface area contributed by atoms with E-state index < -0.39 is 11.9 Å². The second-order valence-electron chi connectivity index (χ2n) is 3.50. The summed E-state index contributed by atoms with van der Waals surface area (Å²) in [6.45, 7) is 1.59. The molecule has 6 heteroatoms. The summed E-state index contributed by atoms with van der Waals surface area (Å²) in [5.74, 6) is -0.116. The molecule has 5 nitrogen and oxygen atoms in total. The standard InChI is InChI=1S/C11H11FN2O3/c1-7(15)8-2-3-10(9(12)4-8)16-5-11-13-6-17-14-11/h2-4,6-7,15H,5H2,1H3. The Bertz CT molecular complexity index is 485. The Morgan fingerprint density at radius 3 is 2.94 bits per heavy atom. The summed E-state index contributed by atoms with van der Waals surface area (Å²) in [6.07, 6.45) is 0.460. The van der Waals surface area contributed by atoms with Crippen LogP contribution in [0.15, 0.2) is 29.1 Å². The number of nitrogens with zero attached hydrogens (tertiary/aromatic N) is 2. The number of hydrogen-bond acceptors (Lipinski definition) is 5. The molecule has 1 atom stereocenters. The molecule has 0 aliphatic heterocycles. The maximum atomic E-state index is 13.5. The van der Waals surface area contributed by atoms with Gasteiger partial charge in [0.1, 0.15) is 0 Å². The zero-order valence-electron chi connectivity index (χ0n) is 9.13. The van der Waals surface area contributed by atoms with Gasteiger partial charge in [-0.05, 0) is 24.6 Å². The van der Waals surface area contributed by atoms with E-state index in [0.717, 1.165) is 0 Å². The fraction of sp³-hybridized carbons (Fsp3) is 0.273. The van der Waals surface area contributed by atoms with E-state index in [-0.39, 0.29) is 12.4 Å². The molecule has 90 valence electrons. The molecule has 0 bridgehead atoms. The summed E-state index contributed by atoms with van der Waals surface area (Å²) >= 11 is 0. The van der Waals surface area contributed by atoms with Crippen LogP contribution in [0.25, 0.3) is 0 Å². The summed E-state index contributed by atoms with van der Waals surface area (Å²) < 4.78 is 23.2. The van der Waals surface area contributed by atoms with Crippen LogP contribution >= 0.6 is 0 Å². The second-order valence-corrected chi connectivity index (χ2v) is 3.50. The minimum atomic E-state index is -0.712. The topological polar surface area (TPSA) is 68.4 Å². The van der Waals surface area contributed by atoms with Crippen molar-refractivity contribution in [2.24, 2.45) is 0 Å². The van der Waals surface area contributed by atoms with Crippen molar-refractivity contribution in [2.75, 3.05) is 0 Å². The summed E-state index contributed by atoms with van der Waals surface area (Å²) in [6, 6.07) is 4.28. The van der Waals surface area contributed by atoms with Crippen LogP contribution in [0.3, 0.4) is 0 Å². The third kappa shape index (κ3) is 2.79. The van der Waals surface area contributed by atoms with Gasteiger partial charge in [-0.1, -0.05) is 11.2 Å². The highest BCUT2D eigenvalue weighted by Crippen LogP contribution is 2.22. The molecule has 17 heavy (non-hydrogen) atoms. The van der Waals surface area contributed by atoms with Crippen molar-refractivity contribution in [1.29, 1.82) is 0 Å². The monoisotopic (exact) mass is 238 g/mol. The number of rotatable bonds is 4. The molecule has 0 aliphatic rings. The van der Waals surface area contributed by atoms with Gasteiger partial charge in [-0.2, -0.15) is 4.98 Å². The number of aromatic nitrogens is 2. The lowest BCUT2D eigenvalue weighted by atomic mass is 10.1. The second kappa shape index (κ2) is 4.92. The zero-order chi connectivity index (χ0) is 12.3. The summed E-state index contributed by atoms with van der Waals surface area (Å²) in [5.41, 5.74) is 0.495. The van der Waals surface area contributed by atoms with Gasteiger partial charge in [0, 0.05) is 0 Å². The molecule has 2 aromatic rings. The molecule has 2 rings (SSSR count). The summed E-state index contributed by atoms with van der Waals surface area (Å²) in [4.78, 5) is 3.74. The van der Waals surface area contributed by atoms with Crippen molar-refractivity contribution in [3.05, 3.63) is 41.8 Å². The predicted octanol–water partition coefficient (Wildman–Crippen LogP) is 1.84. The third-order valence-electron chi connectivity index (χ3n) is 2.20. The largest absolute Gasteiger partial charge is 0.482 e. The van der Waals surface area contributed by atoms with E-state index >= 15 is 0 Å². The fourth-order valence-electron chi connectivity index (χ4n) is 1.29. The van der Waals surface area contributed by atoms with Crippen LogP contribution in [-0.2, 0) is 6.61 Å². The molecular weight excluding hydrogens is 227 g/mol. The Hall–Kier alpha value is -1.95. The SMILES string of the molecule is CC(O)c1ccc(OCc2ncon2)c(F)c1. The first kappa shape index (κ1) is 11.5. The average molecular weight is 238 g/mol. The molecule has 0 radical (unpaired) electrons. The highest BCUT2D eigenvalue weighted by Gasteiger charge is 2.09. The zero-order valence-corrected chi connectivity index (χ0v) is 9.13. The lowest BCUT2D eigenvalue weighted by Gasteiger charge is -2.08. The minimum Gasteiger partial charge on any atom is -0.482 e. The molecule has 0 amide bonds. The quantitative estimate of drug-likeness (QED) is 0.880. The highest BCUT2D eigenvalue weighted by atomic mass is 19.1. The molecule has 1 aromatic carbocycles. The smallest absolute Gasteiger partial charge is 0.213 e. The Kier molecular flexibility index (Phi) is 3.34. The van der Waals surface area contributed by atoms with Crippen LogP contribution in [0.5, 0.6) is 5.75 Å². The number of ether oxygens (including phenoxy) is 1. The third-order valence-corrected chi connectivity index (χ3v) is 2.20. The molecule has 0 spiro atoms. The van der Waals surface area contributed by atoms with Gasteiger partial charge in [-0.15, -0.1) is 0 Å².